The highest BCUT2D eigenvalue weighted by molar-refractivity contribution is 5.93. The lowest BCUT2D eigenvalue weighted by atomic mass is 10.3. The molecule has 0 amide bonds. The largest absolute Gasteiger partial charge is 0.381 e. The van der Waals surface area contributed by atoms with Gasteiger partial charge in [0.15, 0.2) is 5.82 Å². The molecule has 0 spiro atoms. The van der Waals surface area contributed by atoms with Crippen LogP contribution in [-0.2, 0) is 4.84 Å². The highest BCUT2D eigenvalue weighted by atomic mass is 16.7. The molecular weight excluding hydrogens is 148 g/mol. The lowest BCUT2D eigenvalue weighted by molar-refractivity contribution is 0.0504. The maximum atomic E-state index is 10.7. The fraction of sp³-hybridized carbons (Fsp3) is 0. The average Bonchev–Trinajstić information content (AvgIpc) is 2.04. The maximum absolute atomic E-state index is 10.7. The quantitative estimate of drug-likeness (QED) is 0.507. The van der Waals surface area contributed by atoms with Crippen LogP contribution in [0, 0.1) is 0 Å². The van der Waals surface area contributed by atoms with Gasteiger partial charge >= 0.3 is 5.97 Å². The molecule has 0 aromatic carbocycles. The SMILES string of the molecule is NOC(=O)c1ccnnc1N. The van der Waals surface area contributed by atoms with Crippen LogP contribution in [0.15, 0.2) is 12.3 Å². The molecule has 0 saturated carbocycles. The second-order valence-corrected chi connectivity index (χ2v) is 1.74. The minimum Gasteiger partial charge on any atom is -0.381 e. The molecule has 0 aliphatic heterocycles. The zero-order chi connectivity index (χ0) is 8.27. The molecule has 1 aromatic heterocycles. The molecule has 1 heterocycles. The predicted octanol–water partition coefficient (Wildman–Crippen LogP) is -0.911. The summed E-state index contributed by atoms with van der Waals surface area (Å²) in [6.07, 6.45) is 1.32. The number of hydrogen-bond acceptors (Lipinski definition) is 6. The van der Waals surface area contributed by atoms with E-state index in [1.54, 1.807) is 0 Å². The molecule has 6 heteroatoms. The van der Waals surface area contributed by atoms with Crippen molar-refractivity contribution in [1.29, 1.82) is 0 Å². The first-order valence-corrected chi connectivity index (χ1v) is 2.74. The van der Waals surface area contributed by atoms with E-state index in [0.29, 0.717) is 0 Å². The van der Waals surface area contributed by atoms with Crippen molar-refractivity contribution in [3.63, 3.8) is 0 Å². The number of nitrogens with two attached hydrogens (primary N) is 2. The van der Waals surface area contributed by atoms with Gasteiger partial charge in [-0.1, -0.05) is 0 Å². The molecule has 0 radical (unpaired) electrons. The van der Waals surface area contributed by atoms with Crippen LogP contribution in [-0.4, -0.2) is 16.2 Å². The van der Waals surface area contributed by atoms with Crippen LogP contribution in [0.2, 0.25) is 0 Å². The van der Waals surface area contributed by atoms with Crippen LogP contribution >= 0.6 is 0 Å². The standard InChI is InChI=1S/C5H6N4O2/c6-4-3(5(10)11-7)1-2-8-9-4/h1-2H,7H2,(H2,6,9). The molecule has 1 rings (SSSR count). The summed E-state index contributed by atoms with van der Waals surface area (Å²) in [5.41, 5.74) is 5.38. The van der Waals surface area contributed by atoms with Crippen LogP contribution in [0.25, 0.3) is 0 Å². The number of aromatic nitrogens is 2. The number of nitrogens with zero attached hydrogens (tertiary/aromatic N) is 2. The van der Waals surface area contributed by atoms with Gasteiger partial charge in [-0.2, -0.15) is 11.0 Å². The first-order chi connectivity index (χ1) is 5.25. The summed E-state index contributed by atoms with van der Waals surface area (Å²) in [7, 11) is 0. The molecule has 0 aliphatic carbocycles. The Morgan fingerprint density at radius 3 is 2.91 bits per heavy atom. The third-order valence-electron chi connectivity index (χ3n) is 1.08. The van der Waals surface area contributed by atoms with E-state index in [1.807, 2.05) is 0 Å². The highest BCUT2D eigenvalue weighted by Gasteiger charge is 2.09. The molecule has 0 atom stereocenters. The van der Waals surface area contributed by atoms with Crippen molar-refractivity contribution < 1.29 is 9.63 Å². The normalized spacial score (nSPS) is 9.18. The number of hydrogen-bond donors (Lipinski definition) is 2. The Balaban J connectivity index is 3.03. The van der Waals surface area contributed by atoms with E-state index < -0.39 is 5.97 Å². The van der Waals surface area contributed by atoms with E-state index in [1.165, 1.54) is 12.3 Å². The Kier molecular flexibility index (Phi) is 1.98. The van der Waals surface area contributed by atoms with Gasteiger partial charge in [-0.3, -0.25) is 0 Å². The minimum atomic E-state index is -0.725. The topological polar surface area (TPSA) is 104 Å². The van der Waals surface area contributed by atoms with Gasteiger partial charge in [-0.25, -0.2) is 4.79 Å². The third kappa shape index (κ3) is 1.41. The second-order valence-electron chi connectivity index (χ2n) is 1.74. The zero-order valence-corrected chi connectivity index (χ0v) is 5.52. The van der Waals surface area contributed by atoms with Crippen LogP contribution in [0.1, 0.15) is 10.4 Å². The molecule has 4 N–H and O–H groups in total. The van der Waals surface area contributed by atoms with Crippen LogP contribution in [0.4, 0.5) is 5.82 Å². The van der Waals surface area contributed by atoms with Gasteiger partial charge < -0.3 is 10.6 Å². The van der Waals surface area contributed by atoms with Crippen molar-refractivity contribution in [3.8, 4) is 0 Å². The summed E-state index contributed by atoms with van der Waals surface area (Å²) in [6, 6.07) is 1.37. The number of carbonyl (C=O) groups excluding carboxylic acids is 1. The van der Waals surface area contributed by atoms with Gasteiger partial charge in [-0.05, 0) is 6.07 Å². The molecule has 11 heavy (non-hydrogen) atoms. The minimum absolute atomic E-state index is 0.00273. The van der Waals surface area contributed by atoms with Crippen molar-refractivity contribution in [2.24, 2.45) is 5.90 Å². The third-order valence-corrected chi connectivity index (χ3v) is 1.08. The number of rotatable bonds is 1. The van der Waals surface area contributed by atoms with Crippen LogP contribution < -0.4 is 11.6 Å². The molecule has 58 valence electrons. The van der Waals surface area contributed by atoms with Crippen molar-refractivity contribution in [2.75, 3.05) is 5.73 Å². The van der Waals surface area contributed by atoms with E-state index in [-0.39, 0.29) is 11.4 Å². The summed E-state index contributed by atoms with van der Waals surface area (Å²) in [5.74, 6) is 3.90. The Morgan fingerprint density at radius 2 is 2.36 bits per heavy atom. The van der Waals surface area contributed by atoms with Gasteiger partial charge in [0.05, 0.1) is 6.20 Å². The van der Waals surface area contributed by atoms with Gasteiger partial charge in [0.25, 0.3) is 0 Å². The summed E-state index contributed by atoms with van der Waals surface area (Å²) >= 11 is 0. The van der Waals surface area contributed by atoms with Gasteiger partial charge in [0, 0.05) is 0 Å². The Morgan fingerprint density at radius 1 is 1.64 bits per heavy atom. The molecule has 6 nitrogen and oxygen atoms in total. The summed E-state index contributed by atoms with van der Waals surface area (Å²) in [6.45, 7) is 0. The number of nitrogen functional groups attached to an aromatic ring is 1. The van der Waals surface area contributed by atoms with E-state index in [4.69, 9.17) is 5.73 Å². The molecule has 1 aromatic rings. The molecule has 0 aliphatic rings. The van der Waals surface area contributed by atoms with Crippen molar-refractivity contribution in [1.82, 2.24) is 10.2 Å². The monoisotopic (exact) mass is 154 g/mol. The Labute approximate surface area is 62.1 Å². The summed E-state index contributed by atoms with van der Waals surface area (Å²) in [4.78, 5) is 14.7. The number of anilines is 1. The lowest BCUT2D eigenvalue weighted by Crippen LogP contribution is -2.13. The van der Waals surface area contributed by atoms with E-state index in [0.717, 1.165) is 0 Å². The Hall–Kier alpha value is -1.69. The molecule has 0 unspecified atom stereocenters. The van der Waals surface area contributed by atoms with E-state index in [9.17, 15) is 4.79 Å². The second kappa shape index (κ2) is 2.93. The van der Waals surface area contributed by atoms with E-state index in [2.05, 4.69) is 20.9 Å². The van der Waals surface area contributed by atoms with Gasteiger partial charge in [0.2, 0.25) is 0 Å². The maximum Gasteiger partial charge on any atom is 0.360 e. The average molecular weight is 154 g/mol. The first-order valence-electron chi connectivity index (χ1n) is 2.74. The molecule has 0 bridgehead atoms. The van der Waals surface area contributed by atoms with Gasteiger partial charge in [0.1, 0.15) is 5.56 Å². The molecule has 0 saturated heterocycles. The lowest BCUT2D eigenvalue weighted by Gasteiger charge is -1.98. The zero-order valence-electron chi connectivity index (χ0n) is 5.52. The smallest absolute Gasteiger partial charge is 0.360 e. The van der Waals surface area contributed by atoms with Crippen LogP contribution in [0.3, 0.4) is 0 Å². The fourth-order valence-electron chi connectivity index (χ4n) is 0.579. The molecule has 0 fully saturated rings. The van der Waals surface area contributed by atoms with E-state index >= 15 is 0 Å². The predicted molar refractivity (Wildman–Crippen MR) is 36.0 cm³/mol. The highest BCUT2D eigenvalue weighted by Crippen LogP contribution is 2.05. The van der Waals surface area contributed by atoms with Crippen molar-refractivity contribution in [3.05, 3.63) is 17.8 Å². The first kappa shape index (κ1) is 7.42. The summed E-state index contributed by atoms with van der Waals surface area (Å²) in [5, 5.41) is 6.86. The summed E-state index contributed by atoms with van der Waals surface area (Å²) < 4.78 is 0. The fourth-order valence-corrected chi connectivity index (χ4v) is 0.579. The Bertz CT molecular complexity index is 275. The molecular formula is C5H6N4O2. The number of carbonyl (C=O) groups is 1. The van der Waals surface area contributed by atoms with Crippen molar-refractivity contribution in [2.45, 2.75) is 0 Å². The van der Waals surface area contributed by atoms with Crippen molar-refractivity contribution >= 4 is 11.8 Å². The van der Waals surface area contributed by atoms with Gasteiger partial charge in [-0.15, -0.1) is 5.10 Å². The van der Waals surface area contributed by atoms with Crippen LogP contribution in [0.5, 0.6) is 0 Å².